The van der Waals surface area contributed by atoms with Crippen molar-refractivity contribution in [1.29, 1.82) is 0 Å². The Labute approximate surface area is 126 Å². The van der Waals surface area contributed by atoms with E-state index in [9.17, 15) is 0 Å². The van der Waals surface area contributed by atoms with Gasteiger partial charge in [-0.15, -0.1) is 11.3 Å². The van der Waals surface area contributed by atoms with Crippen LogP contribution in [-0.4, -0.2) is 7.11 Å². The van der Waals surface area contributed by atoms with Crippen molar-refractivity contribution >= 4 is 33.0 Å². The lowest BCUT2D eigenvalue weighted by molar-refractivity contribution is 0.287. The van der Waals surface area contributed by atoms with Crippen molar-refractivity contribution in [3.05, 3.63) is 58.4 Å². The van der Waals surface area contributed by atoms with E-state index in [1.54, 1.807) is 18.4 Å². The number of fused-ring (bicyclic) bond motifs is 1. The predicted octanol–water partition coefficient (Wildman–Crippen LogP) is 5.14. The molecule has 102 valence electrons. The van der Waals surface area contributed by atoms with Crippen molar-refractivity contribution in [1.82, 2.24) is 0 Å². The van der Waals surface area contributed by atoms with E-state index in [1.807, 2.05) is 36.4 Å². The third kappa shape index (κ3) is 2.60. The molecule has 2 nitrogen and oxygen atoms in total. The molecule has 0 bridgehead atoms. The molecule has 3 aromatic rings. The summed E-state index contributed by atoms with van der Waals surface area (Å²) >= 11 is 7.87. The van der Waals surface area contributed by atoms with Gasteiger partial charge in [0.25, 0.3) is 0 Å². The largest absolute Gasteiger partial charge is 0.493 e. The summed E-state index contributed by atoms with van der Waals surface area (Å²) in [6.45, 7) is 0.510. The van der Waals surface area contributed by atoms with Crippen molar-refractivity contribution in [2.75, 3.05) is 7.11 Å². The van der Waals surface area contributed by atoms with Crippen molar-refractivity contribution in [2.24, 2.45) is 0 Å². The number of halogens is 1. The third-order valence-electron chi connectivity index (χ3n) is 3.00. The number of methoxy groups -OCH3 is 1. The van der Waals surface area contributed by atoms with E-state index in [2.05, 4.69) is 12.1 Å². The van der Waals surface area contributed by atoms with Gasteiger partial charge in [0, 0.05) is 20.0 Å². The smallest absolute Gasteiger partial charge is 0.161 e. The highest BCUT2D eigenvalue weighted by atomic mass is 35.5. The van der Waals surface area contributed by atoms with Crippen LogP contribution < -0.4 is 9.47 Å². The molecule has 1 aromatic heterocycles. The topological polar surface area (TPSA) is 18.5 Å². The minimum absolute atomic E-state index is 0.510. The summed E-state index contributed by atoms with van der Waals surface area (Å²) in [6, 6.07) is 15.7. The molecule has 0 aliphatic rings. The molecule has 0 saturated carbocycles. The number of benzene rings is 2. The number of hydrogen-bond donors (Lipinski definition) is 0. The van der Waals surface area contributed by atoms with E-state index in [-0.39, 0.29) is 0 Å². The first-order chi connectivity index (χ1) is 9.78. The zero-order chi connectivity index (χ0) is 13.9. The van der Waals surface area contributed by atoms with Gasteiger partial charge in [0.1, 0.15) is 6.61 Å². The lowest BCUT2D eigenvalue weighted by atomic mass is 10.2. The Bertz CT molecular complexity index is 736. The average Bonchev–Trinajstić information content (AvgIpc) is 2.90. The molecule has 3 rings (SSSR count). The third-order valence-corrected chi connectivity index (χ3v) is 4.40. The van der Waals surface area contributed by atoms with Crippen molar-refractivity contribution < 1.29 is 9.47 Å². The number of thiophene rings is 1. The maximum absolute atomic E-state index is 6.18. The van der Waals surface area contributed by atoms with Gasteiger partial charge in [-0.05, 0) is 30.3 Å². The minimum Gasteiger partial charge on any atom is -0.493 e. The molecule has 0 saturated heterocycles. The summed E-state index contributed by atoms with van der Waals surface area (Å²) in [7, 11) is 1.64. The maximum Gasteiger partial charge on any atom is 0.161 e. The molecule has 0 atom stereocenters. The fourth-order valence-corrected chi connectivity index (χ4v) is 3.32. The van der Waals surface area contributed by atoms with Gasteiger partial charge in [0.2, 0.25) is 0 Å². The zero-order valence-corrected chi connectivity index (χ0v) is 12.5. The number of hydrogen-bond acceptors (Lipinski definition) is 3. The summed E-state index contributed by atoms with van der Waals surface area (Å²) < 4.78 is 12.3. The Morgan fingerprint density at radius 2 is 1.85 bits per heavy atom. The first-order valence-electron chi connectivity index (χ1n) is 6.20. The van der Waals surface area contributed by atoms with E-state index in [0.29, 0.717) is 6.61 Å². The molecular formula is C16H13ClO2S. The van der Waals surface area contributed by atoms with Gasteiger partial charge in [-0.2, -0.15) is 0 Å². The SMILES string of the molecule is COc1ccccc1OCc1cc2c(Cl)cccc2s1. The summed E-state index contributed by atoms with van der Waals surface area (Å²) in [5.74, 6) is 1.49. The van der Waals surface area contributed by atoms with Crippen LogP contribution in [0.4, 0.5) is 0 Å². The Morgan fingerprint density at radius 1 is 1.05 bits per heavy atom. The van der Waals surface area contributed by atoms with Gasteiger partial charge in [0.15, 0.2) is 11.5 Å². The second kappa shape index (κ2) is 5.73. The molecule has 0 aliphatic carbocycles. The Kier molecular flexibility index (Phi) is 3.81. The number of rotatable bonds is 4. The molecule has 0 unspecified atom stereocenters. The van der Waals surface area contributed by atoms with Crippen molar-refractivity contribution in [3.63, 3.8) is 0 Å². The summed E-state index contributed by atoms with van der Waals surface area (Å²) in [5, 5.41) is 1.86. The van der Waals surface area contributed by atoms with E-state index in [1.165, 1.54) is 4.70 Å². The molecule has 0 aliphatic heterocycles. The summed E-state index contributed by atoms with van der Waals surface area (Å²) in [4.78, 5) is 1.14. The minimum atomic E-state index is 0.510. The molecule has 2 aromatic carbocycles. The molecule has 0 fully saturated rings. The lowest BCUT2D eigenvalue weighted by Gasteiger charge is -2.08. The lowest BCUT2D eigenvalue weighted by Crippen LogP contribution is -1.95. The highest BCUT2D eigenvalue weighted by Gasteiger charge is 2.07. The molecule has 0 amide bonds. The van der Waals surface area contributed by atoms with Crippen LogP contribution in [0.15, 0.2) is 48.5 Å². The van der Waals surface area contributed by atoms with Gasteiger partial charge < -0.3 is 9.47 Å². The molecule has 4 heteroatoms. The fraction of sp³-hybridized carbons (Fsp3) is 0.125. The Hall–Kier alpha value is -1.71. The van der Waals surface area contributed by atoms with Crippen LogP contribution in [-0.2, 0) is 6.61 Å². The normalized spacial score (nSPS) is 10.7. The van der Waals surface area contributed by atoms with Crippen LogP contribution in [0.25, 0.3) is 10.1 Å². The first kappa shape index (κ1) is 13.3. The fourth-order valence-electron chi connectivity index (χ4n) is 2.04. The average molecular weight is 305 g/mol. The second-order valence-corrected chi connectivity index (χ2v) is 5.88. The highest BCUT2D eigenvalue weighted by molar-refractivity contribution is 7.19. The van der Waals surface area contributed by atoms with Gasteiger partial charge in [-0.3, -0.25) is 0 Å². The molecule has 0 N–H and O–H groups in total. The number of para-hydroxylation sites is 2. The van der Waals surface area contributed by atoms with Crippen LogP contribution in [0.5, 0.6) is 11.5 Å². The van der Waals surface area contributed by atoms with Crippen LogP contribution in [0.1, 0.15) is 4.88 Å². The van der Waals surface area contributed by atoms with E-state index >= 15 is 0 Å². The Balaban J connectivity index is 1.82. The first-order valence-corrected chi connectivity index (χ1v) is 7.40. The molecule has 20 heavy (non-hydrogen) atoms. The van der Waals surface area contributed by atoms with Gasteiger partial charge in [-0.1, -0.05) is 29.8 Å². The van der Waals surface area contributed by atoms with E-state index in [0.717, 1.165) is 26.8 Å². The van der Waals surface area contributed by atoms with Gasteiger partial charge in [-0.25, -0.2) is 0 Å². The van der Waals surface area contributed by atoms with E-state index in [4.69, 9.17) is 21.1 Å². The van der Waals surface area contributed by atoms with Crippen LogP contribution in [0.2, 0.25) is 5.02 Å². The molecule has 0 radical (unpaired) electrons. The second-order valence-electron chi connectivity index (χ2n) is 4.30. The predicted molar refractivity (Wildman–Crippen MR) is 84.2 cm³/mol. The number of ether oxygens (including phenoxy) is 2. The van der Waals surface area contributed by atoms with Crippen LogP contribution in [0, 0.1) is 0 Å². The molecule has 0 spiro atoms. The highest BCUT2D eigenvalue weighted by Crippen LogP contribution is 2.32. The Morgan fingerprint density at radius 3 is 2.60 bits per heavy atom. The standard InChI is InChI=1S/C16H13ClO2S/c1-18-14-6-2-3-7-15(14)19-10-11-9-12-13(17)5-4-8-16(12)20-11/h2-9H,10H2,1H3. The van der Waals surface area contributed by atoms with Crippen LogP contribution in [0.3, 0.4) is 0 Å². The molecule has 1 heterocycles. The van der Waals surface area contributed by atoms with Crippen molar-refractivity contribution in [3.8, 4) is 11.5 Å². The molecular weight excluding hydrogens is 292 g/mol. The van der Waals surface area contributed by atoms with Gasteiger partial charge >= 0.3 is 0 Å². The van der Waals surface area contributed by atoms with E-state index < -0.39 is 0 Å². The maximum atomic E-state index is 6.18. The van der Waals surface area contributed by atoms with Crippen molar-refractivity contribution in [2.45, 2.75) is 6.61 Å². The summed E-state index contributed by atoms with van der Waals surface area (Å²) in [6.07, 6.45) is 0. The monoisotopic (exact) mass is 304 g/mol. The van der Waals surface area contributed by atoms with Crippen LogP contribution >= 0.6 is 22.9 Å². The summed E-state index contributed by atoms with van der Waals surface area (Å²) in [5.41, 5.74) is 0. The zero-order valence-electron chi connectivity index (χ0n) is 10.9. The van der Waals surface area contributed by atoms with Gasteiger partial charge in [0.05, 0.1) is 7.11 Å². The quantitative estimate of drug-likeness (QED) is 0.664.